The van der Waals surface area contributed by atoms with Crippen molar-refractivity contribution in [1.82, 2.24) is 10.1 Å². The van der Waals surface area contributed by atoms with Gasteiger partial charge in [0.25, 0.3) is 5.89 Å². The molecule has 102 valence electrons. The lowest BCUT2D eigenvalue weighted by atomic mass is 10.1. The number of benzene rings is 2. The first-order chi connectivity index (χ1) is 10.2. The van der Waals surface area contributed by atoms with E-state index in [1.54, 1.807) is 6.07 Å². The van der Waals surface area contributed by atoms with Crippen LogP contribution in [0.4, 0.5) is 0 Å². The van der Waals surface area contributed by atoms with E-state index in [1.807, 2.05) is 50.2 Å². The lowest BCUT2D eigenvalue weighted by Crippen LogP contribution is -1.86. The normalized spacial score (nSPS) is 10.3. The molecule has 4 nitrogen and oxygen atoms in total. The maximum absolute atomic E-state index is 8.90. The van der Waals surface area contributed by atoms with Crippen molar-refractivity contribution < 1.29 is 4.52 Å². The summed E-state index contributed by atoms with van der Waals surface area (Å²) < 4.78 is 5.36. The van der Waals surface area contributed by atoms with Gasteiger partial charge in [-0.1, -0.05) is 28.9 Å². The van der Waals surface area contributed by atoms with Gasteiger partial charge in [0.1, 0.15) is 0 Å². The zero-order chi connectivity index (χ0) is 14.8. The van der Waals surface area contributed by atoms with Crippen molar-refractivity contribution >= 4 is 0 Å². The van der Waals surface area contributed by atoms with Crippen molar-refractivity contribution in [2.75, 3.05) is 0 Å². The summed E-state index contributed by atoms with van der Waals surface area (Å²) in [6.07, 6.45) is 0. The van der Waals surface area contributed by atoms with Gasteiger partial charge in [-0.3, -0.25) is 0 Å². The molecule has 1 aromatic heterocycles. The molecule has 4 heteroatoms. The van der Waals surface area contributed by atoms with Crippen molar-refractivity contribution in [3.05, 3.63) is 59.2 Å². The largest absolute Gasteiger partial charge is 0.334 e. The Hall–Kier alpha value is -2.93. The van der Waals surface area contributed by atoms with Crippen molar-refractivity contribution in [3.8, 4) is 28.9 Å². The summed E-state index contributed by atoms with van der Waals surface area (Å²) in [5.74, 6) is 1.03. The predicted molar refractivity (Wildman–Crippen MR) is 79.4 cm³/mol. The minimum absolute atomic E-state index is 0.466. The third-order valence-corrected chi connectivity index (χ3v) is 3.29. The second-order valence-electron chi connectivity index (χ2n) is 4.93. The van der Waals surface area contributed by atoms with E-state index >= 15 is 0 Å². The molecule has 0 unspecified atom stereocenters. The van der Waals surface area contributed by atoms with Crippen LogP contribution in [-0.2, 0) is 0 Å². The molecule has 0 aliphatic rings. The number of hydrogen-bond donors (Lipinski definition) is 0. The van der Waals surface area contributed by atoms with Crippen LogP contribution < -0.4 is 0 Å². The van der Waals surface area contributed by atoms with Gasteiger partial charge in [-0.15, -0.1) is 0 Å². The maximum atomic E-state index is 8.90. The predicted octanol–water partition coefficient (Wildman–Crippen LogP) is 3.89. The Kier molecular flexibility index (Phi) is 3.25. The molecule has 3 aromatic rings. The highest BCUT2D eigenvalue weighted by atomic mass is 16.5. The third kappa shape index (κ3) is 2.54. The molecule has 0 fully saturated rings. The summed E-state index contributed by atoms with van der Waals surface area (Å²) in [7, 11) is 0. The zero-order valence-corrected chi connectivity index (χ0v) is 11.8. The summed E-state index contributed by atoms with van der Waals surface area (Å²) in [5, 5.41) is 12.9. The molecule has 0 saturated heterocycles. The van der Waals surface area contributed by atoms with Crippen LogP contribution in [0, 0.1) is 25.2 Å². The van der Waals surface area contributed by atoms with Crippen LogP contribution in [0.25, 0.3) is 22.8 Å². The van der Waals surface area contributed by atoms with Gasteiger partial charge in [-0.25, -0.2) is 0 Å². The van der Waals surface area contributed by atoms with Gasteiger partial charge in [-0.2, -0.15) is 10.2 Å². The SMILES string of the molecule is Cc1cccc(-c2noc(-c3ccc(C#N)cc3C)n2)c1. The highest BCUT2D eigenvalue weighted by Crippen LogP contribution is 2.25. The van der Waals surface area contributed by atoms with E-state index in [0.29, 0.717) is 17.3 Å². The minimum atomic E-state index is 0.466. The molecule has 1 heterocycles. The van der Waals surface area contributed by atoms with Gasteiger partial charge < -0.3 is 4.52 Å². The van der Waals surface area contributed by atoms with E-state index < -0.39 is 0 Å². The zero-order valence-electron chi connectivity index (χ0n) is 11.8. The smallest absolute Gasteiger partial charge is 0.258 e. The van der Waals surface area contributed by atoms with Crippen LogP contribution in [0.3, 0.4) is 0 Å². The lowest BCUT2D eigenvalue weighted by molar-refractivity contribution is 0.432. The molecular formula is C17H13N3O. The van der Waals surface area contributed by atoms with Gasteiger partial charge in [0.05, 0.1) is 11.6 Å². The number of aromatic nitrogens is 2. The van der Waals surface area contributed by atoms with E-state index in [1.165, 1.54) is 0 Å². The number of rotatable bonds is 2. The molecule has 2 aromatic carbocycles. The molecule has 21 heavy (non-hydrogen) atoms. The van der Waals surface area contributed by atoms with Gasteiger partial charge in [0, 0.05) is 11.1 Å². The quantitative estimate of drug-likeness (QED) is 0.711. The van der Waals surface area contributed by atoms with Crippen LogP contribution in [0.15, 0.2) is 47.0 Å². The third-order valence-electron chi connectivity index (χ3n) is 3.29. The molecule has 0 aliphatic carbocycles. The van der Waals surface area contributed by atoms with E-state index in [2.05, 4.69) is 16.2 Å². The van der Waals surface area contributed by atoms with Gasteiger partial charge >= 0.3 is 0 Å². The molecule has 0 bridgehead atoms. The van der Waals surface area contributed by atoms with Crippen molar-refractivity contribution in [1.29, 1.82) is 5.26 Å². The Morgan fingerprint density at radius 1 is 1.10 bits per heavy atom. The van der Waals surface area contributed by atoms with Crippen LogP contribution in [0.2, 0.25) is 0 Å². The molecule has 0 N–H and O–H groups in total. The van der Waals surface area contributed by atoms with E-state index in [-0.39, 0.29) is 0 Å². The van der Waals surface area contributed by atoms with Crippen molar-refractivity contribution in [2.45, 2.75) is 13.8 Å². The average molecular weight is 275 g/mol. The molecule has 0 atom stereocenters. The van der Waals surface area contributed by atoms with Crippen LogP contribution in [0.1, 0.15) is 16.7 Å². The summed E-state index contributed by atoms with van der Waals surface area (Å²) in [5.41, 5.74) is 4.48. The Bertz CT molecular complexity index is 843. The first-order valence-electron chi connectivity index (χ1n) is 6.59. The molecule has 3 rings (SSSR count). The van der Waals surface area contributed by atoms with Crippen molar-refractivity contribution in [2.24, 2.45) is 0 Å². The fourth-order valence-corrected chi connectivity index (χ4v) is 2.21. The highest BCUT2D eigenvalue weighted by molar-refractivity contribution is 5.63. The van der Waals surface area contributed by atoms with E-state index in [4.69, 9.17) is 9.78 Å². The fraction of sp³-hybridized carbons (Fsp3) is 0.118. The van der Waals surface area contributed by atoms with E-state index in [0.717, 1.165) is 22.3 Å². The number of nitriles is 1. The Balaban J connectivity index is 2.01. The summed E-state index contributed by atoms with van der Waals surface area (Å²) >= 11 is 0. The summed E-state index contributed by atoms with van der Waals surface area (Å²) in [4.78, 5) is 4.45. The molecule has 0 spiro atoms. The Morgan fingerprint density at radius 2 is 1.95 bits per heavy atom. The molecule has 0 saturated carbocycles. The highest BCUT2D eigenvalue weighted by Gasteiger charge is 2.13. The Labute approximate surface area is 122 Å². The topological polar surface area (TPSA) is 62.7 Å². The second-order valence-corrected chi connectivity index (χ2v) is 4.93. The van der Waals surface area contributed by atoms with Crippen LogP contribution >= 0.6 is 0 Å². The molecule has 0 radical (unpaired) electrons. The average Bonchev–Trinajstić information content (AvgIpc) is 2.96. The first kappa shape index (κ1) is 13.1. The van der Waals surface area contributed by atoms with Gasteiger partial charge in [0.2, 0.25) is 5.82 Å². The minimum Gasteiger partial charge on any atom is -0.334 e. The number of aryl methyl sites for hydroxylation is 2. The van der Waals surface area contributed by atoms with E-state index in [9.17, 15) is 0 Å². The standard InChI is InChI=1S/C17H13N3O/c1-11-4-3-5-14(8-11)16-19-17(21-20-16)15-7-6-13(10-18)9-12(15)2/h3-9H,1-2H3. The molecular weight excluding hydrogens is 262 g/mol. The fourth-order valence-electron chi connectivity index (χ4n) is 2.21. The van der Waals surface area contributed by atoms with Crippen molar-refractivity contribution in [3.63, 3.8) is 0 Å². The maximum Gasteiger partial charge on any atom is 0.258 e. The first-order valence-corrected chi connectivity index (χ1v) is 6.59. The van der Waals surface area contributed by atoms with Gasteiger partial charge in [0.15, 0.2) is 0 Å². The summed E-state index contributed by atoms with van der Waals surface area (Å²) in [6.45, 7) is 3.95. The molecule has 0 amide bonds. The lowest BCUT2D eigenvalue weighted by Gasteiger charge is -2.00. The summed E-state index contributed by atoms with van der Waals surface area (Å²) in [6, 6.07) is 15.5. The van der Waals surface area contributed by atoms with Crippen LogP contribution in [0.5, 0.6) is 0 Å². The number of nitrogens with zero attached hydrogens (tertiary/aromatic N) is 3. The van der Waals surface area contributed by atoms with Crippen LogP contribution in [-0.4, -0.2) is 10.1 Å². The Morgan fingerprint density at radius 3 is 2.67 bits per heavy atom. The van der Waals surface area contributed by atoms with Gasteiger partial charge in [-0.05, 0) is 43.7 Å². The monoisotopic (exact) mass is 275 g/mol. The molecule has 0 aliphatic heterocycles. The number of hydrogen-bond acceptors (Lipinski definition) is 4. The second kappa shape index (κ2) is 5.22.